The number of methoxy groups -OCH3 is 1. The molecular formula is C16H20F3NO2. The highest BCUT2D eigenvalue weighted by Gasteiger charge is 2.62. The van der Waals surface area contributed by atoms with Crippen molar-refractivity contribution in [1.29, 1.82) is 0 Å². The van der Waals surface area contributed by atoms with Crippen molar-refractivity contribution in [2.24, 2.45) is 5.92 Å². The van der Waals surface area contributed by atoms with E-state index in [4.69, 9.17) is 9.47 Å². The van der Waals surface area contributed by atoms with Gasteiger partial charge in [0.15, 0.2) is 5.60 Å². The molecule has 3 nitrogen and oxygen atoms in total. The zero-order valence-electron chi connectivity index (χ0n) is 12.6. The second-order valence-corrected chi connectivity index (χ2v) is 6.27. The van der Waals surface area contributed by atoms with E-state index in [0.29, 0.717) is 5.75 Å². The van der Waals surface area contributed by atoms with Crippen molar-refractivity contribution < 1.29 is 22.6 Å². The molecule has 0 bridgehead atoms. The van der Waals surface area contributed by atoms with Gasteiger partial charge in [0, 0.05) is 12.8 Å². The first-order valence-corrected chi connectivity index (χ1v) is 7.66. The fraction of sp³-hybridized carbons (Fsp3) is 0.688. The number of halogens is 3. The summed E-state index contributed by atoms with van der Waals surface area (Å²) in [6.45, 7) is 0.279. The van der Waals surface area contributed by atoms with E-state index >= 15 is 0 Å². The SMILES string of the molecule is COC1(C(F)(F)F)CC(COc2cnc3c(c2)CCCC3)C1. The van der Waals surface area contributed by atoms with E-state index in [1.54, 1.807) is 6.20 Å². The Morgan fingerprint density at radius 2 is 2.00 bits per heavy atom. The van der Waals surface area contributed by atoms with E-state index in [9.17, 15) is 13.2 Å². The lowest BCUT2D eigenvalue weighted by atomic mass is 9.70. The Balaban J connectivity index is 1.54. The second-order valence-electron chi connectivity index (χ2n) is 6.27. The smallest absolute Gasteiger partial charge is 0.417 e. The molecule has 2 aliphatic rings. The summed E-state index contributed by atoms with van der Waals surface area (Å²) in [5, 5.41) is 0. The Bertz CT molecular complexity index is 539. The van der Waals surface area contributed by atoms with E-state index < -0.39 is 11.8 Å². The quantitative estimate of drug-likeness (QED) is 0.849. The summed E-state index contributed by atoms with van der Waals surface area (Å²) in [5.41, 5.74) is 0.353. The van der Waals surface area contributed by atoms with Crippen LogP contribution in [0.3, 0.4) is 0 Å². The lowest BCUT2D eigenvalue weighted by molar-refractivity contribution is -0.309. The van der Waals surface area contributed by atoms with Crippen molar-refractivity contribution in [2.75, 3.05) is 13.7 Å². The molecule has 0 N–H and O–H groups in total. The van der Waals surface area contributed by atoms with Gasteiger partial charge in [-0.2, -0.15) is 13.2 Å². The zero-order valence-corrected chi connectivity index (χ0v) is 12.6. The molecule has 1 saturated carbocycles. The average Bonchev–Trinajstić information content (AvgIpc) is 2.44. The molecule has 6 heteroatoms. The summed E-state index contributed by atoms with van der Waals surface area (Å²) in [4.78, 5) is 4.40. The van der Waals surface area contributed by atoms with Gasteiger partial charge in [0.05, 0.1) is 12.8 Å². The van der Waals surface area contributed by atoms with Gasteiger partial charge < -0.3 is 9.47 Å². The van der Waals surface area contributed by atoms with E-state index in [2.05, 4.69) is 4.98 Å². The lowest BCUT2D eigenvalue weighted by Gasteiger charge is -2.46. The van der Waals surface area contributed by atoms with E-state index in [1.165, 1.54) is 12.0 Å². The molecule has 22 heavy (non-hydrogen) atoms. The van der Waals surface area contributed by atoms with Gasteiger partial charge in [-0.15, -0.1) is 0 Å². The summed E-state index contributed by atoms with van der Waals surface area (Å²) >= 11 is 0. The fourth-order valence-electron chi connectivity index (χ4n) is 3.36. The molecule has 0 atom stereocenters. The second kappa shape index (κ2) is 5.72. The first-order valence-electron chi connectivity index (χ1n) is 7.66. The standard InChI is InChI=1S/C16H20F3NO2/c1-21-15(16(17,18)19)7-11(8-15)10-22-13-6-12-4-2-3-5-14(12)20-9-13/h6,9,11H,2-5,7-8,10H2,1H3. The highest BCUT2D eigenvalue weighted by atomic mass is 19.4. The molecule has 0 saturated heterocycles. The molecule has 0 radical (unpaired) electrons. The van der Waals surface area contributed by atoms with Gasteiger partial charge in [0.1, 0.15) is 5.75 Å². The van der Waals surface area contributed by atoms with Crippen molar-refractivity contribution in [3.8, 4) is 5.75 Å². The topological polar surface area (TPSA) is 31.4 Å². The van der Waals surface area contributed by atoms with Crippen LogP contribution < -0.4 is 4.74 Å². The number of aromatic nitrogens is 1. The number of alkyl halides is 3. The zero-order chi connectivity index (χ0) is 15.8. The Hall–Kier alpha value is -1.30. The lowest BCUT2D eigenvalue weighted by Crippen LogP contribution is -2.57. The Kier molecular flexibility index (Phi) is 4.05. The minimum atomic E-state index is -4.31. The number of nitrogens with zero attached hydrogens (tertiary/aromatic N) is 1. The molecule has 122 valence electrons. The van der Waals surface area contributed by atoms with Gasteiger partial charge in [-0.3, -0.25) is 4.98 Å². The van der Waals surface area contributed by atoms with Crippen LogP contribution in [-0.4, -0.2) is 30.5 Å². The largest absolute Gasteiger partial charge is 0.492 e. The fourth-order valence-corrected chi connectivity index (χ4v) is 3.36. The monoisotopic (exact) mass is 315 g/mol. The van der Waals surface area contributed by atoms with Crippen LogP contribution >= 0.6 is 0 Å². The van der Waals surface area contributed by atoms with Crippen LogP contribution in [0, 0.1) is 5.92 Å². The Morgan fingerprint density at radius 1 is 1.27 bits per heavy atom. The molecule has 2 aliphatic carbocycles. The van der Waals surface area contributed by atoms with Gasteiger partial charge in [-0.05, 0) is 56.1 Å². The van der Waals surface area contributed by atoms with Gasteiger partial charge >= 0.3 is 6.18 Å². The predicted molar refractivity (Wildman–Crippen MR) is 74.9 cm³/mol. The maximum absolute atomic E-state index is 12.9. The van der Waals surface area contributed by atoms with Crippen LogP contribution in [0.15, 0.2) is 12.3 Å². The van der Waals surface area contributed by atoms with E-state index in [-0.39, 0.29) is 25.4 Å². The molecule has 3 rings (SSSR count). The number of fused-ring (bicyclic) bond motifs is 1. The van der Waals surface area contributed by atoms with E-state index in [0.717, 1.165) is 32.1 Å². The molecule has 0 amide bonds. The molecule has 0 spiro atoms. The van der Waals surface area contributed by atoms with Crippen molar-refractivity contribution in [1.82, 2.24) is 4.98 Å². The van der Waals surface area contributed by atoms with Crippen LogP contribution in [0.2, 0.25) is 0 Å². The van der Waals surface area contributed by atoms with Crippen molar-refractivity contribution >= 4 is 0 Å². The highest BCUT2D eigenvalue weighted by Crippen LogP contribution is 2.51. The third kappa shape index (κ3) is 2.81. The molecule has 1 aromatic rings. The first kappa shape index (κ1) is 15.6. The normalized spacial score (nSPS) is 27.9. The molecule has 1 heterocycles. The van der Waals surface area contributed by atoms with Crippen molar-refractivity contribution in [3.05, 3.63) is 23.5 Å². The number of rotatable bonds is 4. The minimum Gasteiger partial charge on any atom is -0.492 e. The minimum absolute atomic E-state index is 0.0363. The van der Waals surface area contributed by atoms with Crippen molar-refractivity contribution in [3.63, 3.8) is 0 Å². The molecule has 1 aromatic heterocycles. The third-order valence-electron chi connectivity index (χ3n) is 4.77. The molecule has 1 fully saturated rings. The van der Waals surface area contributed by atoms with Crippen LogP contribution in [-0.2, 0) is 17.6 Å². The number of aryl methyl sites for hydroxylation is 2. The maximum Gasteiger partial charge on any atom is 0.417 e. The highest BCUT2D eigenvalue weighted by molar-refractivity contribution is 5.31. The third-order valence-corrected chi connectivity index (χ3v) is 4.77. The van der Waals surface area contributed by atoms with Crippen LogP contribution in [0.5, 0.6) is 5.75 Å². The number of hydrogen-bond donors (Lipinski definition) is 0. The van der Waals surface area contributed by atoms with Crippen molar-refractivity contribution in [2.45, 2.75) is 50.3 Å². The maximum atomic E-state index is 12.9. The van der Waals surface area contributed by atoms with Crippen LogP contribution in [0.25, 0.3) is 0 Å². The summed E-state index contributed by atoms with van der Waals surface area (Å²) < 4.78 is 49.1. The Labute approximate surface area is 127 Å². The molecule has 0 unspecified atom stereocenters. The summed E-state index contributed by atoms with van der Waals surface area (Å²) in [6.07, 6.45) is 1.62. The van der Waals surface area contributed by atoms with Crippen LogP contribution in [0.4, 0.5) is 13.2 Å². The first-order chi connectivity index (χ1) is 10.4. The molecular weight excluding hydrogens is 295 g/mol. The van der Waals surface area contributed by atoms with E-state index in [1.807, 2.05) is 6.07 Å². The number of hydrogen-bond acceptors (Lipinski definition) is 3. The van der Waals surface area contributed by atoms with Gasteiger partial charge in [-0.25, -0.2) is 0 Å². The average molecular weight is 315 g/mol. The molecule has 0 aliphatic heterocycles. The predicted octanol–water partition coefficient (Wildman–Crippen LogP) is 3.70. The van der Waals surface area contributed by atoms with Crippen LogP contribution in [0.1, 0.15) is 36.9 Å². The van der Waals surface area contributed by atoms with Gasteiger partial charge in [0.2, 0.25) is 0 Å². The van der Waals surface area contributed by atoms with Gasteiger partial charge in [-0.1, -0.05) is 0 Å². The summed E-state index contributed by atoms with van der Waals surface area (Å²) in [7, 11) is 1.12. The Morgan fingerprint density at radius 3 is 2.68 bits per heavy atom. The molecule has 0 aromatic carbocycles. The number of ether oxygens (including phenoxy) is 2. The summed E-state index contributed by atoms with van der Waals surface area (Å²) in [5.74, 6) is 0.528. The van der Waals surface area contributed by atoms with Gasteiger partial charge in [0.25, 0.3) is 0 Å². The summed E-state index contributed by atoms with van der Waals surface area (Å²) in [6, 6.07) is 1.98. The number of pyridine rings is 1.